The molecule has 0 bridgehead atoms. The van der Waals surface area contributed by atoms with Gasteiger partial charge >= 0.3 is 0 Å². The molecule has 0 spiro atoms. The Hall–Kier alpha value is -0.480. The highest BCUT2D eigenvalue weighted by atomic mass is 35.5. The van der Waals surface area contributed by atoms with E-state index in [2.05, 4.69) is 11.5 Å². The zero-order valence-electron chi connectivity index (χ0n) is 9.27. The van der Waals surface area contributed by atoms with E-state index in [1.807, 2.05) is 12.1 Å². The van der Waals surface area contributed by atoms with E-state index in [9.17, 15) is 0 Å². The molecule has 0 radical (unpaired) electrons. The van der Waals surface area contributed by atoms with Crippen molar-refractivity contribution in [2.45, 2.75) is 12.8 Å². The molecule has 0 aromatic heterocycles. The molecule has 1 aromatic carbocycles. The molecule has 0 fully saturated rings. The fraction of sp³-hybridized carbons (Fsp3) is 0.455. The van der Waals surface area contributed by atoms with Crippen molar-refractivity contribution in [1.82, 2.24) is 0 Å². The predicted molar refractivity (Wildman–Crippen MR) is 65.8 cm³/mol. The van der Waals surface area contributed by atoms with Crippen LogP contribution in [0, 0.1) is 0 Å². The van der Waals surface area contributed by atoms with Crippen LogP contribution >= 0.6 is 23.2 Å². The zero-order valence-corrected chi connectivity index (χ0v) is 10.8. The third kappa shape index (κ3) is 3.83. The van der Waals surface area contributed by atoms with Crippen molar-refractivity contribution >= 4 is 23.2 Å². The van der Waals surface area contributed by atoms with Gasteiger partial charge in [0.05, 0.1) is 29.7 Å². The lowest BCUT2D eigenvalue weighted by atomic mass is 10.1. The topological polar surface area (TPSA) is 64.5 Å². The molecule has 0 amide bonds. The second-order valence-corrected chi connectivity index (χ2v) is 4.36. The number of quaternary nitrogens is 2. The van der Waals surface area contributed by atoms with Gasteiger partial charge in [-0.05, 0) is 17.7 Å². The van der Waals surface area contributed by atoms with Gasteiger partial charge in [0.25, 0.3) is 0 Å². The second-order valence-electron chi connectivity index (χ2n) is 3.55. The molecule has 0 saturated carbocycles. The Bertz CT molecular complexity index is 322. The van der Waals surface area contributed by atoms with Crippen LogP contribution in [-0.2, 0) is 6.42 Å². The fourth-order valence-corrected chi connectivity index (χ4v) is 2.02. The quantitative estimate of drug-likeness (QED) is 0.734. The van der Waals surface area contributed by atoms with Gasteiger partial charge in [-0.2, -0.15) is 0 Å². The van der Waals surface area contributed by atoms with Crippen LogP contribution in [0.1, 0.15) is 12.0 Å². The molecule has 0 aliphatic carbocycles. The first-order valence-electron chi connectivity index (χ1n) is 5.38. The van der Waals surface area contributed by atoms with E-state index in [-0.39, 0.29) is 0 Å². The summed E-state index contributed by atoms with van der Waals surface area (Å²) in [6.45, 7) is 2.26. The lowest BCUT2D eigenvalue weighted by Gasteiger charge is -2.10. The summed E-state index contributed by atoms with van der Waals surface area (Å²) in [7, 11) is 0. The molecule has 5 heteroatoms. The smallest absolute Gasteiger partial charge is 0.156 e. The third-order valence-electron chi connectivity index (χ3n) is 2.16. The summed E-state index contributed by atoms with van der Waals surface area (Å²) in [5, 5.41) is 1.14. The van der Waals surface area contributed by atoms with Crippen LogP contribution in [0.4, 0.5) is 0 Å². The van der Waals surface area contributed by atoms with Gasteiger partial charge in [-0.3, -0.25) is 0 Å². The summed E-state index contributed by atoms with van der Waals surface area (Å²) < 4.78 is 5.52. The molecule has 16 heavy (non-hydrogen) atoms. The highest BCUT2D eigenvalue weighted by molar-refractivity contribution is 6.37. The van der Waals surface area contributed by atoms with Crippen LogP contribution in [-0.4, -0.2) is 19.7 Å². The molecule has 90 valence electrons. The van der Waals surface area contributed by atoms with Gasteiger partial charge in [0.15, 0.2) is 5.75 Å². The minimum absolute atomic E-state index is 0.569. The van der Waals surface area contributed by atoms with Crippen molar-refractivity contribution in [1.29, 1.82) is 0 Å². The number of halogens is 2. The molecular weight excluding hydrogens is 247 g/mol. The van der Waals surface area contributed by atoms with Gasteiger partial charge in [-0.1, -0.05) is 23.2 Å². The highest BCUT2D eigenvalue weighted by Gasteiger charge is 2.09. The maximum atomic E-state index is 6.10. The number of rotatable bonds is 6. The molecule has 0 saturated heterocycles. The Morgan fingerprint density at radius 1 is 1.06 bits per heavy atom. The Morgan fingerprint density at radius 3 is 2.19 bits per heavy atom. The summed E-state index contributed by atoms with van der Waals surface area (Å²) in [4.78, 5) is 0. The monoisotopic (exact) mass is 264 g/mol. The summed E-state index contributed by atoms with van der Waals surface area (Å²) in [6.07, 6.45) is 1.77. The summed E-state index contributed by atoms with van der Waals surface area (Å²) >= 11 is 12.2. The zero-order chi connectivity index (χ0) is 12.0. The molecule has 3 nitrogen and oxygen atoms in total. The Balaban J connectivity index is 2.77. The van der Waals surface area contributed by atoms with E-state index >= 15 is 0 Å². The number of hydrogen-bond donors (Lipinski definition) is 2. The van der Waals surface area contributed by atoms with Crippen molar-refractivity contribution in [2.24, 2.45) is 0 Å². The SMILES string of the molecule is [NH3+]CCCOc1c(Cl)cc(CC[NH3+])cc1Cl. The Labute approximate surface area is 106 Å². The van der Waals surface area contributed by atoms with Gasteiger partial charge in [0.2, 0.25) is 0 Å². The molecule has 0 atom stereocenters. The van der Waals surface area contributed by atoms with Crippen LogP contribution in [0.15, 0.2) is 12.1 Å². The van der Waals surface area contributed by atoms with Crippen molar-refractivity contribution in [2.75, 3.05) is 19.7 Å². The first-order chi connectivity index (χ1) is 7.69. The van der Waals surface area contributed by atoms with Gasteiger partial charge in [-0.15, -0.1) is 0 Å². The normalized spacial score (nSPS) is 10.5. The van der Waals surface area contributed by atoms with E-state index in [4.69, 9.17) is 27.9 Å². The number of benzene rings is 1. The maximum absolute atomic E-state index is 6.10. The molecule has 0 aliphatic heterocycles. The summed E-state index contributed by atoms with van der Waals surface area (Å²) in [6, 6.07) is 3.77. The molecular formula is C11H18Cl2N2O+2. The molecule has 0 unspecified atom stereocenters. The number of hydrogen-bond acceptors (Lipinski definition) is 1. The average molecular weight is 265 g/mol. The van der Waals surface area contributed by atoms with Crippen molar-refractivity contribution in [3.8, 4) is 5.75 Å². The van der Waals surface area contributed by atoms with Crippen LogP contribution in [0.3, 0.4) is 0 Å². The minimum atomic E-state index is 0.569. The van der Waals surface area contributed by atoms with Crippen molar-refractivity contribution < 1.29 is 16.2 Å². The van der Waals surface area contributed by atoms with Gasteiger partial charge in [0, 0.05) is 12.8 Å². The lowest BCUT2D eigenvalue weighted by Crippen LogP contribution is -2.51. The van der Waals surface area contributed by atoms with Crippen molar-refractivity contribution in [3.05, 3.63) is 27.7 Å². The largest absolute Gasteiger partial charge is 0.490 e. The van der Waals surface area contributed by atoms with Gasteiger partial charge in [0.1, 0.15) is 0 Å². The maximum Gasteiger partial charge on any atom is 0.156 e. The van der Waals surface area contributed by atoms with Crippen LogP contribution in [0.5, 0.6) is 5.75 Å². The van der Waals surface area contributed by atoms with Crippen LogP contribution < -0.4 is 16.2 Å². The third-order valence-corrected chi connectivity index (χ3v) is 2.73. The molecule has 0 aliphatic rings. The highest BCUT2D eigenvalue weighted by Crippen LogP contribution is 2.34. The molecule has 6 N–H and O–H groups in total. The van der Waals surface area contributed by atoms with E-state index in [0.29, 0.717) is 22.4 Å². The standard InChI is InChI=1S/C11H16Cl2N2O/c12-9-6-8(2-4-15)7-10(13)11(9)16-5-1-3-14/h6-7H,1-5,14-15H2/p+2. The molecule has 0 heterocycles. The van der Waals surface area contributed by atoms with Gasteiger partial charge < -0.3 is 16.2 Å². The average Bonchev–Trinajstić information content (AvgIpc) is 2.23. The van der Waals surface area contributed by atoms with E-state index in [1.165, 1.54) is 0 Å². The molecule has 1 aromatic rings. The van der Waals surface area contributed by atoms with E-state index in [1.54, 1.807) is 0 Å². The van der Waals surface area contributed by atoms with Gasteiger partial charge in [-0.25, -0.2) is 0 Å². The summed E-state index contributed by atoms with van der Waals surface area (Å²) in [5.41, 5.74) is 8.64. The first kappa shape index (κ1) is 13.6. The fourth-order valence-electron chi connectivity index (χ4n) is 1.38. The van der Waals surface area contributed by atoms with Crippen LogP contribution in [0.25, 0.3) is 0 Å². The van der Waals surface area contributed by atoms with E-state index in [0.717, 1.165) is 31.5 Å². The van der Waals surface area contributed by atoms with Crippen LogP contribution in [0.2, 0.25) is 10.0 Å². The second kappa shape index (κ2) is 6.97. The number of ether oxygens (including phenoxy) is 1. The molecule has 1 rings (SSSR count). The summed E-state index contributed by atoms with van der Waals surface area (Å²) in [5.74, 6) is 0.574. The first-order valence-corrected chi connectivity index (χ1v) is 6.13. The lowest BCUT2D eigenvalue weighted by molar-refractivity contribution is -0.369. The van der Waals surface area contributed by atoms with E-state index < -0.39 is 0 Å². The minimum Gasteiger partial charge on any atom is -0.490 e. The van der Waals surface area contributed by atoms with Crippen molar-refractivity contribution in [3.63, 3.8) is 0 Å². The Morgan fingerprint density at radius 2 is 1.69 bits per heavy atom. The predicted octanol–water partition coefficient (Wildman–Crippen LogP) is 0.789. The Kier molecular flexibility index (Phi) is 5.91.